The van der Waals surface area contributed by atoms with Crippen molar-refractivity contribution in [2.24, 2.45) is 0 Å². The van der Waals surface area contributed by atoms with Gasteiger partial charge in [0.05, 0.1) is 40.9 Å². The van der Waals surface area contributed by atoms with E-state index in [-0.39, 0.29) is 28.3 Å². The second-order valence-electron chi connectivity index (χ2n) is 8.24. The summed E-state index contributed by atoms with van der Waals surface area (Å²) < 4.78 is 17.7. The van der Waals surface area contributed by atoms with E-state index in [1.807, 2.05) is 25.1 Å². The number of carbonyl (C=O) groups is 1. The highest BCUT2D eigenvalue weighted by Gasteiger charge is 2.45. The van der Waals surface area contributed by atoms with E-state index in [9.17, 15) is 14.7 Å². The van der Waals surface area contributed by atoms with Crippen LogP contribution in [0, 0.1) is 0 Å². The van der Waals surface area contributed by atoms with Crippen molar-refractivity contribution in [2.75, 3.05) is 18.6 Å². The zero-order valence-electron chi connectivity index (χ0n) is 19.3. The van der Waals surface area contributed by atoms with Crippen molar-refractivity contribution < 1.29 is 23.8 Å². The quantitative estimate of drug-likeness (QED) is 0.351. The molecule has 0 aliphatic carbocycles. The van der Waals surface area contributed by atoms with Gasteiger partial charge in [-0.25, -0.2) is 4.98 Å². The van der Waals surface area contributed by atoms with E-state index in [1.54, 1.807) is 36.4 Å². The first kappa shape index (κ1) is 22.1. The Kier molecular flexibility index (Phi) is 5.15. The number of anilines is 1. The first-order chi connectivity index (χ1) is 17.5. The van der Waals surface area contributed by atoms with Crippen molar-refractivity contribution in [3.8, 4) is 17.2 Å². The molecule has 9 heteroatoms. The molecule has 1 amide bonds. The fourth-order valence-electron chi connectivity index (χ4n) is 4.55. The predicted molar refractivity (Wildman–Crippen MR) is 137 cm³/mol. The molecule has 1 N–H and O–H groups in total. The zero-order valence-corrected chi connectivity index (χ0v) is 20.2. The fourth-order valence-corrected chi connectivity index (χ4v) is 5.57. The van der Waals surface area contributed by atoms with Gasteiger partial charge in [0.2, 0.25) is 5.76 Å². The largest absolute Gasteiger partial charge is 0.504 e. The van der Waals surface area contributed by atoms with Crippen LogP contribution in [0.25, 0.3) is 21.2 Å². The lowest BCUT2D eigenvalue weighted by molar-refractivity contribution is 0.0971. The molecule has 2 aromatic heterocycles. The van der Waals surface area contributed by atoms with Crippen LogP contribution < -0.4 is 19.8 Å². The number of aromatic hydroxyl groups is 1. The maximum Gasteiger partial charge on any atom is 0.297 e. The Bertz CT molecular complexity index is 1720. The van der Waals surface area contributed by atoms with Gasteiger partial charge in [0, 0.05) is 0 Å². The van der Waals surface area contributed by atoms with E-state index in [0.29, 0.717) is 39.5 Å². The lowest BCUT2D eigenvalue weighted by atomic mass is 9.98. The Balaban J connectivity index is 1.60. The molecule has 1 aliphatic heterocycles. The molecule has 180 valence electrons. The SMILES string of the molecule is CCOc1ccc2nc(N3C(=O)c4oc5ccccc5c(=O)c4[C@@H]3c3ccc(O)c(OC)c3)sc2c1. The van der Waals surface area contributed by atoms with Crippen LogP contribution in [0.15, 0.2) is 69.9 Å². The summed E-state index contributed by atoms with van der Waals surface area (Å²) in [5.74, 6) is 0.397. The van der Waals surface area contributed by atoms with Crippen LogP contribution in [0.4, 0.5) is 5.13 Å². The van der Waals surface area contributed by atoms with Crippen LogP contribution in [0.1, 0.15) is 34.6 Å². The summed E-state index contributed by atoms with van der Waals surface area (Å²) in [6.07, 6.45) is 0. The van der Waals surface area contributed by atoms with Gasteiger partial charge in [-0.05, 0) is 55.0 Å². The van der Waals surface area contributed by atoms with Crippen LogP contribution in [0.2, 0.25) is 0 Å². The van der Waals surface area contributed by atoms with Crippen molar-refractivity contribution >= 4 is 43.6 Å². The fraction of sp³-hybridized carbons (Fsp3) is 0.148. The lowest BCUT2D eigenvalue weighted by Crippen LogP contribution is -2.29. The third-order valence-electron chi connectivity index (χ3n) is 6.16. The Morgan fingerprint density at radius 1 is 1.11 bits per heavy atom. The highest BCUT2D eigenvalue weighted by Crippen LogP contribution is 2.45. The number of amides is 1. The van der Waals surface area contributed by atoms with E-state index >= 15 is 0 Å². The van der Waals surface area contributed by atoms with Crippen LogP contribution in [0.3, 0.4) is 0 Å². The first-order valence-electron chi connectivity index (χ1n) is 11.3. The van der Waals surface area contributed by atoms with E-state index in [4.69, 9.17) is 18.9 Å². The molecular weight excluding hydrogens is 480 g/mol. The number of para-hydroxylation sites is 1. The van der Waals surface area contributed by atoms with Crippen molar-refractivity contribution in [2.45, 2.75) is 13.0 Å². The third kappa shape index (κ3) is 3.31. The Labute approximate surface area is 208 Å². The number of phenolic OH excluding ortho intramolecular Hbond substituents is 1. The number of nitrogens with zero attached hydrogens (tertiary/aromatic N) is 2. The van der Waals surface area contributed by atoms with Crippen molar-refractivity contribution in [1.82, 2.24) is 4.98 Å². The van der Waals surface area contributed by atoms with Gasteiger partial charge in [-0.1, -0.05) is 29.5 Å². The van der Waals surface area contributed by atoms with Gasteiger partial charge in [-0.2, -0.15) is 0 Å². The highest BCUT2D eigenvalue weighted by atomic mass is 32.1. The van der Waals surface area contributed by atoms with Gasteiger partial charge in [-0.15, -0.1) is 0 Å². The molecule has 3 heterocycles. The number of methoxy groups -OCH3 is 1. The molecule has 1 atom stereocenters. The van der Waals surface area contributed by atoms with Crippen molar-refractivity contribution in [1.29, 1.82) is 0 Å². The number of thiazole rings is 1. The molecule has 8 nitrogen and oxygen atoms in total. The third-order valence-corrected chi connectivity index (χ3v) is 7.18. The summed E-state index contributed by atoms with van der Waals surface area (Å²) in [5, 5.41) is 11.0. The van der Waals surface area contributed by atoms with Gasteiger partial charge < -0.3 is 19.0 Å². The smallest absolute Gasteiger partial charge is 0.297 e. The van der Waals surface area contributed by atoms with Gasteiger partial charge >= 0.3 is 0 Å². The number of hydrogen-bond acceptors (Lipinski definition) is 8. The van der Waals surface area contributed by atoms with E-state index < -0.39 is 11.9 Å². The molecule has 0 radical (unpaired) electrons. The summed E-state index contributed by atoms with van der Waals surface area (Å²) in [5.41, 5.74) is 1.55. The molecule has 1 aliphatic rings. The summed E-state index contributed by atoms with van der Waals surface area (Å²) >= 11 is 1.32. The number of benzene rings is 3. The summed E-state index contributed by atoms with van der Waals surface area (Å²) in [6.45, 7) is 2.44. The number of aromatic nitrogens is 1. The van der Waals surface area contributed by atoms with E-state index in [2.05, 4.69) is 0 Å². The van der Waals surface area contributed by atoms with Gasteiger partial charge in [0.15, 0.2) is 22.1 Å². The van der Waals surface area contributed by atoms with E-state index in [0.717, 1.165) is 4.70 Å². The summed E-state index contributed by atoms with van der Waals surface area (Å²) in [4.78, 5) is 33.7. The normalized spacial score (nSPS) is 15.0. The average molecular weight is 501 g/mol. The molecular formula is C27H20N2O6S. The van der Waals surface area contributed by atoms with E-state index in [1.165, 1.54) is 29.4 Å². The molecule has 6 rings (SSSR count). The average Bonchev–Trinajstić information content (AvgIpc) is 3.43. The topological polar surface area (TPSA) is 102 Å². The summed E-state index contributed by atoms with van der Waals surface area (Å²) in [6, 6.07) is 16.3. The molecule has 36 heavy (non-hydrogen) atoms. The molecule has 0 saturated carbocycles. The van der Waals surface area contributed by atoms with Crippen molar-refractivity contribution in [3.05, 3.63) is 87.8 Å². The monoisotopic (exact) mass is 500 g/mol. The molecule has 0 bridgehead atoms. The summed E-state index contributed by atoms with van der Waals surface area (Å²) in [7, 11) is 1.44. The predicted octanol–water partition coefficient (Wildman–Crippen LogP) is 5.27. The second-order valence-corrected chi connectivity index (χ2v) is 9.25. The number of fused-ring (bicyclic) bond motifs is 3. The van der Waals surface area contributed by atoms with Crippen LogP contribution in [-0.2, 0) is 0 Å². The van der Waals surface area contributed by atoms with Gasteiger partial charge in [0.25, 0.3) is 5.91 Å². The van der Waals surface area contributed by atoms with Crippen LogP contribution >= 0.6 is 11.3 Å². The number of hydrogen-bond donors (Lipinski definition) is 1. The molecule has 0 fully saturated rings. The molecule has 0 unspecified atom stereocenters. The van der Waals surface area contributed by atoms with Gasteiger partial charge in [-0.3, -0.25) is 14.5 Å². The number of ether oxygens (including phenoxy) is 2. The second kappa shape index (κ2) is 8.39. The Morgan fingerprint density at radius 2 is 1.94 bits per heavy atom. The first-order valence-corrected chi connectivity index (χ1v) is 12.1. The maximum absolute atomic E-state index is 13.8. The van der Waals surface area contributed by atoms with Gasteiger partial charge in [0.1, 0.15) is 11.3 Å². The minimum Gasteiger partial charge on any atom is -0.504 e. The Hall–Kier alpha value is -4.37. The minimum atomic E-state index is -0.824. The highest BCUT2D eigenvalue weighted by molar-refractivity contribution is 7.22. The number of rotatable bonds is 5. The molecule has 0 saturated heterocycles. The number of carbonyl (C=O) groups excluding carboxylic acids is 1. The standard InChI is InChI=1S/C27H20N2O6S/c1-3-34-15-9-10-17-21(13-15)36-27(28-17)29-23(14-8-11-18(30)20(12-14)33-2)22-24(31)16-6-4-5-7-19(16)35-25(22)26(29)32/h4-13,23,30H,3H2,1-2H3/t23-/m0/s1. The molecule has 5 aromatic rings. The van der Waals surface area contributed by atoms with Crippen LogP contribution in [0.5, 0.6) is 17.2 Å². The molecule has 3 aromatic carbocycles. The number of phenols is 1. The van der Waals surface area contributed by atoms with Crippen LogP contribution in [-0.4, -0.2) is 29.7 Å². The Morgan fingerprint density at radius 3 is 2.75 bits per heavy atom. The molecule has 0 spiro atoms. The lowest BCUT2D eigenvalue weighted by Gasteiger charge is -2.23. The maximum atomic E-state index is 13.8. The van der Waals surface area contributed by atoms with Crippen molar-refractivity contribution in [3.63, 3.8) is 0 Å². The minimum absolute atomic E-state index is 0.0231. The zero-order chi connectivity index (χ0) is 25.0.